The molecule has 0 aromatic heterocycles. The van der Waals surface area contributed by atoms with Gasteiger partial charge in [-0.2, -0.15) is 22.0 Å². The van der Waals surface area contributed by atoms with Gasteiger partial charge in [0, 0.05) is 6.42 Å². The molecule has 0 heterocycles. The van der Waals surface area contributed by atoms with E-state index in [1.807, 2.05) is 24.3 Å². The average molecular weight is 571 g/mol. The molecule has 0 aliphatic heterocycles. The van der Waals surface area contributed by atoms with E-state index < -0.39 is 36.8 Å². The third-order valence-electron chi connectivity index (χ3n) is 8.18. The summed E-state index contributed by atoms with van der Waals surface area (Å²) in [6.07, 6.45) is 0.664. The van der Waals surface area contributed by atoms with Crippen LogP contribution in [0.4, 0.5) is 22.0 Å². The zero-order chi connectivity index (χ0) is 29.3. The van der Waals surface area contributed by atoms with Gasteiger partial charge in [0.15, 0.2) is 0 Å². The maximum Gasteiger partial charge on any atom is 0.453 e. The van der Waals surface area contributed by atoms with Gasteiger partial charge in [-0.25, -0.2) is 0 Å². The van der Waals surface area contributed by atoms with Crippen molar-refractivity contribution in [3.8, 4) is 11.5 Å². The topological polar surface area (TPSA) is 77.8 Å². The number of fused-ring (bicyclic) bond motifs is 1. The number of halogens is 5. The lowest BCUT2D eigenvalue weighted by Gasteiger charge is -2.34. The van der Waals surface area contributed by atoms with Crippen molar-refractivity contribution in [1.82, 2.24) is 0 Å². The van der Waals surface area contributed by atoms with E-state index >= 15 is 0 Å². The molecule has 3 rings (SSSR count). The van der Waals surface area contributed by atoms with Crippen molar-refractivity contribution < 1.29 is 42.1 Å². The minimum atomic E-state index is -5.61. The second-order valence-electron chi connectivity index (χ2n) is 11.1. The van der Waals surface area contributed by atoms with Gasteiger partial charge in [-0.3, -0.25) is 4.79 Å². The third-order valence-corrected chi connectivity index (χ3v) is 8.18. The third kappa shape index (κ3) is 8.83. The highest BCUT2D eigenvalue weighted by molar-refractivity contribution is 5.69. The Morgan fingerprint density at radius 1 is 0.825 bits per heavy atom. The lowest BCUT2D eigenvalue weighted by atomic mass is 9.70. The first-order valence-corrected chi connectivity index (χ1v) is 14.2. The number of alkyl halides is 5. The molecule has 3 atom stereocenters. The van der Waals surface area contributed by atoms with Crippen molar-refractivity contribution >= 4 is 5.97 Å². The second kappa shape index (κ2) is 14.2. The first-order valence-electron chi connectivity index (χ1n) is 14.2. The number of carboxylic acid groups (broad SMARTS) is 1. The van der Waals surface area contributed by atoms with E-state index in [1.54, 1.807) is 18.2 Å². The van der Waals surface area contributed by atoms with Crippen LogP contribution >= 0.6 is 0 Å². The average Bonchev–Trinajstić information content (AvgIpc) is 2.88. The summed E-state index contributed by atoms with van der Waals surface area (Å²) < 4.78 is 63.1. The molecule has 1 aliphatic carbocycles. The Labute approximate surface area is 232 Å². The Hall–Kier alpha value is -2.84. The van der Waals surface area contributed by atoms with Crippen LogP contribution in [0.5, 0.6) is 11.5 Å². The summed E-state index contributed by atoms with van der Waals surface area (Å²) in [7, 11) is 0. The molecule has 9 heteroatoms. The number of hydrogen-bond donors (Lipinski definition) is 3. The quantitative estimate of drug-likeness (QED) is 0.147. The minimum absolute atomic E-state index is 0.191. The van der Waals surface area contributed by atoms with Crippen LogP contribution in [-0.4, -0.2) is 33.4 Å². The number of benzene rings is 2. The first kappa shape index (κ1) is 31.7. The molecule has 40 heavy (non-hydrogen) atoms. The fourth-order valence-electron chi connectivity index (χ4n) is 5.94. The first-order chi connectivity index (χ1) is 18.9. The highest BCUT2D eigenvalue weighted by atomic mass is 19.4. The standard InChI is InChI=1S/C31H39F5O4/c32-30(33,31(34,35)36)19-7-9-22(29(39)40)8-5-3-1-2-4-6-10-28-26(21-11-14-24(37)15-12-21)17-13-23-20-25(38)16-18-27(23)28/h11-12,14-16,18,20,22,26,28,37-38H,1-10,13,17,19H2,(H,39,40)/t22?,26-,28+/m1/s1. The van der Waals surface area contributed by atoms with Crippen LogP contribution in [0, 0.1) is 5.92 Å². The number of aromatic hydroxyl groups is 2. The number of hydrogen-bond acceptors (Lipinski definition) is 3. The summed E-state index contributed by atoms with van der Waals surface area (Å²) in [6, 6.07) is 13.0. The molecule has 1 unspecified atom stereocenters. The van der Waals surface area contributed by atoms with E-state index in [2.05, 4.69) is 0 Å². The number of rotatable bonds is 15. The molecule has 0 radical (unpaired) electrons. The fourth-order valence-corrected chi connectivity index (χ4v) is 5.94. The monoisotopic (exact) mass is 570 g/mol. The highest BCUT2D eigenvalue weighted by Gasteiger charge is 2.56. The van der Waals surface area contributed by atoms with E-state index in [-0.39, 0.29) is 24.3 Å². The van der Waals surface area contributed by atoms with Crippen LogP contribution in [0.2, 0.25) is 0 Å². The second-order valence-corrected chi connectivity index (χ2v) is 11.1. The summed E-state index contributed by atoms with van der Waals surface area (Å²) in [4.78, 5) is 11.4. The summed E-state index contributed by atoms with van der Waals surface area (Å²) in [5.74, 6) is -5.73. The fraction of sp³-hybridized carbons (Fsp3) is 0.581. The van der Waals surface area contributed by atoms with Gasteiger partial charge in [-0.05, 0) is 91.3 Å². The van der Waals surface area contributed by atoms with Gasteiger partial charge in [0.2, 0.25) is 0 Å². The van der Waals surface area contributed by atoms with Gasteiger partial charge >= 0.3 is 18.1 Å². The number of aliphatic carboxylic acids is 1. The van der Waals surface area contributed by atoms with Gasteiger partial charge in [0.25, 0.3) is 0 Å². The van der Waals surface area contributed by atoms with Crippen LogP contribution in [0.1, 0.15) is 106 Å². The smallest absolute Gasteiger partial charge is 0.453 e. The van der Waals surface area contributed by atoms with Crippen LogP contribution in [0.15, 0.2) is 42.5 Å². The van der Waals surface area contributed by atoms with Gasteiger partial charge < -0.3 is 15.3 Å². The number of carbonyl (C=O) groups is 1. The predicted molar refractivity (Wildman–Crippen MR) is 143 cm³/mol. The van der Waals surface area contributed by atoms with Gasteiger partial charge in [-0.15, -0.1) is 0 Å². The molecule has 2 aromatic rings. The zero-order valence-corrected chi connectivity index (χ0v) is 22.6. The summed E-state index contributed by atoms with van der Waals surface area (Å²) in [5, 5.41) is 29.0. The van der Waals surface area contributed by atoms with E-state index in [4.69, 9.17) is 0 Å². The van der Waals surface area contributed by atoms with Gasteiger partial charge in [-0.1, -0.05) is 56.7 Å². The van der Waals surface area contributed by atoms with Crippen molar-refractivity contribution in [3.05, 3.63) is 59.2 Å². The lowest BCUT2D eigenvalue weighted by molar-refractivity contribution is -0.284. The molecular weight excluding hydrogens is 531 g/mol. The Balaban J connectivity index is 1.41. The Morgan fingerprint density at radius 3 is 2.08 bits per heavy atom. The van der Waals surface area contributed by atoms with Crippen molar-refractivity contribution in [2.45, 2.75) is 107 Å². The molecule has 0 spiro atoms. The molecule has 0 saturated carbocycles. The SMILES string of the molecule is O=C(O)C(CCCCCCCC[C@@H]1c2ccc(O)cc2CC[C@@H]1c1ccc(O)cc1)CCCC(F)(F)C(F)(F)F. The zero-order valence-electron chi connectivity index (χ0n) is 22.6. The summed E-state index contributed by atoms with van der Waals surface area (Å²) in [5.41, 5.74) is 3.63. The molecule has 0 fully saturated rings. The predicted octanol–water partition coefficient (Wildman–Crippen LogP) is 9.10. The molecule has 2 aromatic carbocycles. The number of carboxylic acids is 1. The van der Waals surface area contributed by atoms with E-state index in [1.165, 1.54) is 16.7 Å². The van der Waals surface area contributed by atoms with Gasteiger partial charge in [0.1, 0.15) is 11.5 Å². The molecule has 1 aliphatic rings. The number of unbranched alkanes of at least 4 members (excludes halogenated alkanes) is 5. The molecule has 0 amide bonds. The molecular formula is C31H39F5O4. The minimum Gasteiger partial charge on any atom is -0.508 e. The molecule has 0 saturated heterocycles. The summed E-state index contributed by atoms with van der Waals surface area (Å²) >= 11 is 0. The number of phenols is 2. The highest BCUT2D eigenvalue weighted by Crippen LogP contribution is 2.46. The molecule has 4 nitrogen and oxygen atoms in total. The normalized spacial score (nSPS) is 18.3. The number of aryl methyl sites for hydroxylation is 1. The van der Waals surface area contributed by atoms with Crippen molar-refractivity contribution in [2.75, 3.05) is 0 Å². The Kier molecular flexibility index (Phi) is 11.2. The van der Waals surface area contributed by atoms with Crippen molar-refractivity contribution in [1.29, 1.82) is 0 Å². The van der Waals surface area contributed by atoms with Crippen LogP contribution in [0.3, 0.4) is 0 Å². The van der Waals surface area contributed by atoms with Crippen molar-refractivity contribution in [2.24, 2.45) is 5.92 Å². The van der Waals surface area contributed by atoms with E-state index in [0.29, 0.717) is 18.3 Å². The molecule has 222 valence electrons. The van der Waals surface area contributed by atoms with Crippen molar-refractivity contribution in [3.63, 3.8) is 0 Å². The van der Waals surface area contributed by atoms with E-state index in [0.717, 1.165) is 51.4 Å². The lowest BCUT2D eigenvalue weighted by Crippen LogP contribution is -2.36. The summed E-state index contributed by atoms with van der Waals surface area (Å²) in [6.45, 7) is 0. The number of phenolic OH excluding ortho intramolecular Hbond substituents is 2. The van der Waals surface area contributed by atoms with Crippen LogP contribution < -0.4 is 0 Å². The van der Waals surface area contributed by atoms with Gasteiger partial charge in [0.05, 0.1) is 5.92 Å². The Bertz CT molecular complexity index is 1080. The largest absolute Gasteiger partial charge is 0.508 e. The maximum absolute atomic E-state index is 13.1. The van der Waals surface area contributed by atoms with Crippen LogP contribution in [0.25, 0.3) is 0 Å². The van der Waals surface area contributed by atoms with Crippen LogP contribution in [-0.2, 0) is 11.2 Å². The molecule has 3 N–H and O–H groups in total. The molecule has 0 bridgehead atoms. The maximum atomic E-state index is 13.1. The Morgan fingerprint density at radius 2 is 1.43 bits per heavy atom. The van der Waals surface area contributed by atoms with E-state index in [9.17, 15) is 42.1 Å².